The largest absolute Gasteiger partial charge is 0.494 e. The number of rotatable bonds is 3. The lowest BCUT2D eigenvalue weighted by Gasteiger charge is -2.09. The minimum Gasteiger partial charge on any atom is -0.494 e. The first-order chi connectivity index (χ1) is 8.15. The molecule has 17 heavy (non-hydrogen) atoms. The maximum atomic E-state index is 5.36. The molecule has 0 atom stereocenters. The molecule has 0 spiro atoms. The summed E-state index contributed by atoms with van der Waals surface area (Å²) in [6, 6.07) is 6.07. The van der Waals surface area contributed by atoms with Crippen LogP contribution >= 0.6 is 15.9 Å². The van der Waals surface area contributed by atoms with Crippen molar-refractivity contribution >= 4 is 15.9 Å². The van der Waals surface area contributed by atoms with Crippen LogP contribution in [0.4, 0.5) is 0 Å². The molecule has 0 aliphatic heterocycles. The van der Waals surface area contributed by atoms with E-state index in [0.717, 1.165) is 22.5 Å². The number of aromatic nitrogens is 2. The molecule has 0 saturated carbocycles. The smallest absolute Gasteiger partial charge is 0.144 e. The second-order valence-corrected chi connectivity index (χ2v) is 4.55. The third-order valence-corrected chi connectivity index (χ3v) is 3.33. The second kappa shape index (κ2) is 4.92. The maximum Gasteiger partial charge on any atom is 0.144 e. The molecular formula is C13H15BrN2O. The summed E-state index contributed by atoms with van der Waals surface area (Å²) in [4.78, 5) is 0. The SMILES string of the molecule is COc1ccc(C)cc1-n1cc(CBr)c(C)n1. The first-order valence-corrected chi connectivity index (χ1v) is 6.54. The van der Waals surface area contributed by atoms with E-state index in [9.17, 15) is 0 Å². The van der Waals surface area contributed by atoms with Gasteiger partial charge in [-0.25, -0.2) is 4.68 Å². The van der Waals surface area contributed by atoms with Crippen LogP contribution in [0.3, 0.4) is 0 Å². The molecule has 0 amide bonds. The van der Waals surface area contributed by atoms with Gasteiger partial charge in [-0.3, -0.25) is 0 Å². The van der Waals surface area contributed by atoms with Gasteiger partial charge >= 0.3 is 0 Å². The summed E-state index contributed by atoms with van der Waals surface area (Å²) in [5.41, 5.74) is 4.39. The van der Waals surface area contributed by atoms with Crippen molar-refractivity contribution in [2.24, 2.45) is 0 Å². The molecule has 1 aromatic carbocycles. The van der Waals surface area contributed by atoms with Gasteiger partial charge in [-0.2, -0.15) is 5.10 Å². The number of nitrogens with zero attached hydrogens (tertiary/aromatic N) is 2. The third-order valence-electron chi connectivity index (χ3n) is 2.73. The van der Waals surface area contributed by atoms with Crippen LogP contribution in [0.25, 0.3) is 5.69 Å². The molecule has 0 N–H and O–H groups in total. The van der Waals surface area contributed by atoms with Crippen LogP contribution in [-0.4, -0.2) is 16.9 Å². The quantitative estimate of drug-likeness (QED) is 0.812. The Labute approximate surface area is 110 Å². The predicted molar refractivity (Wildman–Crippen MR) is 72.2 cm³/mol. The predicted octanol–water partition coefficient (Wildman–Crippen LogP) is 3.39. The van der Waals surface area contributed by atoms with Crippen molar-refractivity contribution in [1.29, 1.82) is 0 Å². The van der Waals surface area contributed by atoms with E-state index < -0.39 is 0 Å². The number of alkyl halides is 1. The van der Waals surface area contributed by atoms with E-state index in [4.69, 9.17) is 4.74 Å². The Balaban J connectivity index is 2.54. The lowest BCUT2D eigenvalue weighted by molar-refractivity contribution is 0.411. The molecule has 2 aromatic rings. The highest BCUT2D eigenvalue weighted by molar-refractivity contribution is 9.08. The summed E-state index contributed by atoms with van der Waals surface area (Å²) in [5.74, 6) is 0.833. The van der Waals surface area contributed by atoms with E-state index in [-0.39, 0.29) is 0 Å². The van der Waals surface area contributed by atoms with Gasteiger partial charge in [0.25, 0.3) is 0 Å². The van der Waals surface area contributed by atoms with Crippen LogP contribution in [0.2, 0.25) is 0 Å². The number of hydrogen-bond acceptors (Lipinski definition) is 2. The Morgan fingerprint density at radius 2 is 2.12 bits per heavy atom. The zero-order valence-electron chi connectivity index (χ0n) is 10.2. The zero-order chi connectivity index (χ0) is 12.4. The molecule has 4 heteroatoms. The fourth-order valence-corrected chi connectivity index (χ4v) is 2.28. The Kier molecular flexibility index (Phi) is 3.52. The first kappa shape index (κ1) is 12.2. The van der Waals surface area contributed by atoms with Crippen molar-refractivity contribution in [1.82, 2.24) is 9.78 Å². The average molecular weight is 295 g/mol. The van der Waals surface area contributed by atoms with Crippen LogP contribution in [-0.2, 0) is 5.33 Å². The van der Waals surface area contributed by atoms with Crippen LogP contribution in [0, 0.1) is 13.8 Å². The molecule has 0 unspecified atom stereocenters. The van der Waals surface area contributed by atoms with Gasteiger partial charge < -0.3 is 4.74 Å². The van der Waals surface area contributed by atoms with Gasteiger partial charge in [-0.1, -0.05) is 22.0 Å². The number of methoxy groups -OCH3 is 1. The van der Waals surface area contributed by atoms with Crippen LogP contribution in [0.15, 0.2) is 24.4 Å². The molecule has 0 fully saturated rings. The Bertz CT molecular complexity index is 534. The summed E-state index contributed by atoms with van der Waals surface area (Å²) >= 11 is 3.46. The Hall–Kier alpha value is -1.29. The van der Waals surface area contributed by atoms with Gasteiger partial charge in [0, 0.05) is 17.1 Å². The van der Waals surface area contributed by atoms with Gasteiger partial charge in [-0.05, 0) is 31.5 Å². The van der Waals surface area contributed by atoms with Gasteiger partial charge in [0.1, 0.15) is 11.4 Å². The van der Waals surface area contributed by atoms with E-state index in [1.807, 2.05) is 29.9 Å². The molecule has 0 bridgehead atoms. The fraction of sp³-hybridized carbons (Fsp3) is 0.308. The van der Waals surface area contributed by atoms with E-state index in [1.54, 1.807) is 7.11 Å². The minimum atomic E-state index is 0.812. The number of hydrogen-bond donors (Lipinski definition) is 0. The molecule has 2 rings (SSSR count). The molecule has 0 radical (unpaired) electrons. The van der Waals surface area contributed by atoms with Crippen molar-refractivity contribution in [3.63, 3.8) is 0 Å². The average Bonchev–Trinajstić information content (AvgIpc) is 2.70. The minimum absolute atomic E-state index is 0.812. The summed E-state index contributed by atoms with van der Waals surface area (Å²) < 4.78 is 7.24. The molecule has 0 aliphatic rings. The number of benzene rings is 1. The van der Waals surface area contributed by atoms with E-state index in [1.165, 1.54) is 11.1 Å². The summed E-state index contributed by atoms with van der Waals surface area (Å²) in [5, 5.41) is 5.32. The van der Waals surface area contributed by atoms with Crippen molar-refractivity contribution in [2.45, 2.75) is 19.2 Å². The Morgan fingerprint density at radius 3 is 2.71 bits per heavy atom. The molecule has 0 saturated heterocycles. The van der Waals surface area contributed by atoms with Gasteiger partial charge in [0.15, 0.2) is 0 Å². The van der Waals surface area contributed by atoms with Crippen molar-refractivity contribution < 1.29 is 4.74 Å². The standard InChI is InChI=1S/C13H15BrN2O/c1-9-4-5-13(17-3)12(6-9)16-8-11(7-14)10(2)15-16/h4-6,8H,7H2,1-3H3. The lowest BCUT2D eigenvalue weighted by Crippen LogP contribution is -1.99. The zero-order valence-corrected chi connectivity index (χ0v) is 11.8. The number of ether oxygens (including phenoxy) is 1. The van der Waals surface area contributed by atoms with E-state index in [0.29, 0.717) is 0 Å². The van der Waals surface area contributed by atoms with Gasteiger partial charge in [-0.15, -0.1) is 0 Å². The highest BCUT2D eigenvalue weighted by Crippen LogP contribution is 2.24. The molecule has 3 nitrogen and oxygen atoms in total. The fourth-order valence-electron chi connectivity index (χ4n) is 1.73. The third kappa shape index (κ3) is 2.36. The summed E-state index contributed by atoms with van der Waals surface area (Å²) in [6.07, 6.45) is 2.03. The number of halogens is 1. The monoisotopic (exact) mass is 294 g/mol. The normalized spacial score (nSPS) is 10.6. The van der Waals surface area contributed by atoms with Gasteiger partial charge in [0.05, 0.1) is 12.8 Å². The van der Waals surface area contributed by atoms with E-state index >= 15 is 0 Å². The van der Waals surface area contributed by atoms with Gasteiger partial charge in [0.2, 0.25) is 0 Å². The molecule has 1 aromatic heterocycles. The summed E-state index contributed by atoms with van der Waals surface area (Å²) in [7, 11) is 1.68. The van der Waals surface area contributed by atoms with Crippen molar-refractivity contribution in [3.8, 4) is 11.4 Å². The highest BCUT2D eigenvalue weighted by atomic mass is 79.9. The number of aryl methyl sites for hydroxylation is 2. The van der Waals surface area contributed by atoms with Crippen molar-refractivity contribution in [3.05, 3.63) is 41.2 Å². The van der Waals surface area contributed by atoms with E-state index in [2.05, 4.69) is 34.0 Å². The topological polar surface area (TPSA) is 27.1 Å². The second-order valence-electron chi connectivity index (χ2n) is 3.99. The first-order valence-electron chi connectivity index (χ1n) is 5.42. The lowest BCUT2D eigenvalue weighted by atomic mass is 10.2. The summed E-state index contributed by atoms with van der Waals surface area (Å²) in [6.45, 7) is 4.07. The molecule has 1 heterocycles. The molecule has 90 valence electrons. The van der Waals surface area contributed by atoms with Crippen molar-refractivity contribution in [2.75, 3.05) is 7.11 Å². The highest BCUT2D eigenvalue weighted by Gasteiger charge is 2.09. The maximum absolute atomic E-state index is 5.36. The molecular weight excluding hydrogens is 280 g/mol. The molecule has 0 aliphatic carbocycles. The van der Waals surface area contributed by atoms with Crippen LogP contribution in [0.1, 0.15) is 16.8 Å². The Morgan fingerprint density at radius 1 is 1.35 bits per heavy atom. The van der Waals surface area contributed by atoms with Crippen LogP contribution in [0.5, 0.6) is 5.75 Å². The van der Waals surface area contributed by atoms with Crippen LogP contribution < -0.4 is 4.74 Å².